The minimum absolute atomic E-state index is 0.0811. The number of carbonyl (C=O) groups excluding carboxylic acids is 1. The lowest BCUT2D eigenvalue weighted by molar-refractivity contribution is -0.149. The summed E-state index contributed by atoms with van der Waals surface area (Å²) >= 11 is 0. The summed E-state index contributed by atoms with van der Waals surface area (Å²) in [4.78, 5) is 23.3. The van der Waals surface area contributed by atoms with Gasteiger partial charge in [-0.3, -0.25) is 9.59 Å². The molecule has 2 rings (SSSR count). The zero-order valence-electron chi connectivity index (χ0n) is 11.2. The Balaban J connectivity index is 1.86. The van der Waals surface area contributed by atoms with E-state index in [4.69, 9.17) is 10.2 Å². The fourth-order valence-corrected chi connectivity index (χ4v) is 3.08. The summed E-state index contributed by atoms with van der Waals surface area (Å²) in [6.45, 7) is 0.728. The molecule has 0 aromatic carbocycles. The number of aliphatic hydroxyl groups is 1. The number of aliphatic carboxylic acids is 1. The highest BCUT2D eigenvalue weighted by atomic mass is 16.4. The minimum atomic E-state index is -0.851. The van der Waals surface area contributed by atoms with Crippen LogP contribution in [-0.2, 0) is 9.59 Å². The second-order valence-corrected chi connectivity index (χ2v) is 6.03. The van der Waals surface area contributed by atoms with Crippen LogP contribution in [0.15, 0.2) is 0 Å². The van der Waals surface area contributed by atoms with Crippen LogP contribution in [0.25, 0.3) is 0 Å². The molecule has 3 N–H and O–H groups in total. The zero-order valence-corrected chi connectivity index (χ0v) is 11.2. The molecule has 2 saturated carbocycles. The molecule has 0 aromatic heterocycles. The maximum absolute atomic E-state index is 12.2. The van der Waals surface area contributed by atoms with Crippen LogP contribution in [0.2, 0.25) is 0 Å². The van der Waals surface area contributed by atoms with Gasteiger partial charge in [0.15, 0.2) is 0 Å². The van der Waals surface area contributed by atoms with Crippen molar-refractivity contribution >= 4 is 11.9 Å². The van der Waals surface area contributed by atoms with Gasteiger partial charge in [0.2, 0.25) is 5.91 Å². The van der Waals surface area contributed by atoms with E-state index in [0.29, 0.717) is 19.4 Å². The van der Waals surface area contributed by atoms with Crippen molar-refractivity contribution in [3.63, 3.8) is 0 Å². The molecule has 0 aliphatic heterocycles. The predicted octanol–water partition coefficient (Wildman–Crippen LogP) is 1.16. The van der Waals surface area contributed by atoms with E-state index in [-0.39, 0.29) is 23.8 Å². The first-order valence-electron chi connectivity index (χ1n) is 7.19. The predicted molar refractivity (Wildman–Crippen MR) is 69.5 cm³/mol. The van der Waals surface area contributed by atoms with E-state index >= 15 is 0 Å². The third-order valence-corrected chi connectivity index (χ3v) is 4.66. The molecule has 2 atom stereocenters. The molecule has 0 radical (unpaired) electrons. The average Bonchev–Trinajstić information content (AvgIpc) is 3.17. The fraction of sp³-hybridized carbons (Fsp3) is 0.857. The largest absolute Gasteiger partial charge is 0.481 e. The number of carboxylic acid groups (broad SMARTS) is 1. The van der Waals surface area contributed by atoms with Crippen LogP contribution in [0.1, 0.15) is 44.9 Å². The highest BCUT2D eigenvalue weighted by Gasteiger charge is 2.43. The molecule has 2 aliphatic rings. The molecule has 0 spiro atoms. The van der Waals surface area contributed by atoms with E-state index in [1.807, 2.05) is 0 Å². The number of carboxylic acids is 1. The first kappa shape index (κ1) is 14.3. The molecular weight excluding hydrogens is 246 g/mol. The van der Waals surface area contributed by atoms with Gasteiger partial charge in [0.25, 0.3) is 0 Å². The van der Waals surface area contributed by atoms with Crippen LogP contribution in [0.4, 0.5) is 0 Å². The average molecular weight is 269 g/mol. The Hall–Kier alpha value is -1.10. The minimum Gasteiger partial charge on any atom is -0.481 e. The molecular formula is C14H23NO4. The molecule has 2 unspecified atom stereocenters. The van der Waals surface area contributed by atoms with Gasteiger partial charge in [-0.1, -0.05) is 12.8 Å². The zero-order chi connectivity index (χ0) is 13.9. The molecule has 108 valence electrons. The molecule has 0 aromatic rings. The first-order chi connectivity index (χ1) is 9.08. The maximum Gasteiger partial charge on any atom is 0.307 e. The first-order valence-corrected chi connectivity index (χ1v) is 7.19. The van der Waals surface area contributed by atoms with Crippen molar-refractivity contribution in [3.8, 4) is 0 Å². The van der Waals surface area contributed by atoms with Crippen molar-refractivity contribution in [2.24, 2.45) is 17.3 Å². The number of hydrogen-bond donors (Lipinski definition) is 3. The lowest BCUT2D eigenvalue weighted by Gasteiger charge is -2.28. The highest BCUT2D eigenvalue weighted by Crippen LogP contribution is 2.48. The summed E-state index contributed by atoms with van der Waals surface area (Å²) in [6, 6.07) is 0. The molecule has 5 nitrogen and oxygen atoms in total. The molecule has 0 heterocycles. The second kappa shape index (κ2) is 5.90. The number of carbonyl (C=O) groups is 2. The smallest absolute Gasteiger partial charge is 0.307 e. The van der Waals surface area contributed by atoms with Crippen molar-refractivity contribution in [2.45, 2.75) is 44.9 Å². The molecule has 0 saturated heterocycles. The number of nitrogens with one attached hydrogen (secondary N) is 1. The molecule has 5 heteroatoms. The van der Waals surface area contributed by atoms with Crippen LogP contribution in [0.5, 0.6) is 0 Å². The van der Waals surface area contributed by atoms with Crippen molar-refractivity contribution in [2.75, 3.05) is 13.2 Å². The van der Waals surface area contributed by atoms with Crippen molar-refractivity contribution in [3.05, 3.63) is 0 Å². The molecule has 2 aliphatic carbocycles. The Labute approximate surface area is 113 Å². The number of amides is 1. The van der Waals surface area contributed by atoms with E-state index in [2.05, 4.69) is 5.32 Å². The highest BCUT2D eigenvalue weighted by molar-refractivity contribution is 5.84. The number of aliphatic hydroxyl groups excluding tert-OH is 1. The molecule has 1 amide bonds. The van der Waals surface area contributed by atoms with Gasteiger partial charge >= 0.3 is 5.97 Å². The van der Waals surface area contributed by atoms with Crippen molar-refractivity contribution in [1.82, 2.24) is 5.32 Å². The van der Waals surface area contributed by atoms with E-state index < -0.39 is 11.9 Å². The van der Waals surface area contributed by atoms with E-state index in [9.17, 15) is 9.59 Å². The van der Waals surface area contributed by atoms with Crippen LogP contribution in [0.3, 0.4) is 0 Å². The van der Waals surface area contributed by atoms with E-state index in [1.54, 1.807) is 0 Å². The summed E-state index contributed by atoms with van der Waals surface area (Å²) in [6.07, 6.45) is 5.92. The molecule has 0 bridgehead atoms. The summed E-state index contributed by atoms with van der Waals surface area (Å²) in [5, 5.41) is 21.1. The normalized spacial score (nSPS) is 28.7. The van der Waals surface area contributed by atoms with Gasteiger partial charge in [-0.15, -0.1) is 0 Å². The standard InChI is InChI=1S/C14H23NO4/c16-8-7-14(5-6-14)9-15-12(17)10-3-1-2-4-11(10)13(18)19/h10-11,16H,1-9H2,(H,15,17)(H,18,19). The Morgan fingerprint density at radius 3 is 2.32 bits per heavy atom. The van der Waals surface area contributed by atoms with Gasteiger partial charge in [0.05, 0.1) is 11.8 Å². The van der Waals surface area contributed by atoms with Crippen LogP contribution in [0, 0.1) is 17.3 Å². The van der Waals surface area contributed by atoms with Crippen molar-refractivity contribution < 1.29 is 19.8 Å². The lowest BCUT2D eigenvalue weighted by atomic mass is 9.78. The number of rotatable bonds is 6. The summed E-state index contributed by atoms with van der Waals surface area (Å²) in [7, 11) is 0. The van der Waals surface area contributed by atoms with Gasteiger partial charge in [0.1, 0.15) is 0 Å². The van der Waals surface area contributed by atoms with Gasteiger partial charge in [-0.05, 0) is 37.5 Å². The van der Waals surface area contributed by atoms with E-state index in [1.165, 1.54) is 0 Å². The summed E-state index contributed by atoms with van der Waals surface area (Å²) < 4.78 is 0. The summed E-state index contributed by atoms with van der Waals surface area (Å²) in [5.74, 6) is -1.87. The Morgan fingerprint density at radius 2 is 1.79 bits per heavy atom. The van der Waals surface area contributed by atoms with Crippen molar-refractivity contribution in [1.29, 1.82) is 0 Å². The maximum atomic E-state index is 12.2. The third kappa shape index (κ3) is 3.47. The topological polar surface area (TPSA) is 86.6 Å². The third-order valence-electron chi connectivity index (χ3n) is 4.66. The van der Waals surface area contributed by atoms with Crippen LogP contribution >= 0.6 is 0 Å². The quantitative estimate of drug-likeness (QED) is 0.675. The monoisotopic (exact) mass is 269 g/mol. The lowest BCUT2D eigenvalue weighted by Crippen LogP contribution is -2.41. The molecule has 19 heavy (non-hydrogen) atoms. The number of hydrogen-bond acceptors (Lipinski definition) is 3. The second-order valence-electron chi connectivity index (χ2n) is 6.03. The van der Waals surface area contributed by atoms with Crippen LogP contribution in [-0.4, -0.2) is 35.2 Å². The Morgan fingerprint density at radius 1 is 1.16 bits per heavy atom. The van der Waals surface area contributed by atoms with E-state index in [0.717, 1.165) is 32.1 Å². The Kier molecular flexibility index (Phi) is 4.45. The van der Waals surface area contributed by atoms with Gasteiger partial charge in [-0.25, -0.2) is 0 Å². The van der Waals surface area contributed by atoms with Crippen LogP contribution < -0.4 is 5.32 Å². The Bertz CT molecular complexity index is 351. The van der Waals surface area contributed by atoms with Gasteiger partial charge in [-0.2, -0.15) is 0 Å². The SMILES string of the molecule is O=C(O)C1CCCCC1C(=O)NCC1(CCO)CC1. The van der Waals surface area contributed by atoms with Gasteiger partial charge in [0, 0.05) is 13.2 Å². The fourth-order valence-electron chi connectivity index (χ4n) is 3.08. The summed E-state index contributed by atoms with van der Waals surface area (Å²) in [5.41, 5.74) is 0.0811. The molecule has 2 fully saturated rings. The van der Waals surface area contributed by atoms with Gasteiger partial charge < -0.3 is 15.5 Å².